The summed E-state index contributed by atoms with van der Waals surface area (Å²) in [5.41, 5.74) is 0.921. The molecule has 1 unspecified atom stereocenters. The van der Waals surface area contributed by atoms with Crippen LogP contribution in [-0.2, 0) is 4.79 Å². The molecule has 0 heterocycles. The van der Waals surface area contributed by atoms with Crippen molar-refractivity contribution in [2.24, 2.45) is 0 Å². The minimum absolute atomic E-state index is 0.00798. The lowest BCUT2D eigenvalue weighted by Gasteiger charge is -2.15. The van der Waals surface area contributed by atoms with E-state index < -0.39 is 0 Å². The molecule has 0 aliphatic carbocycles. The monoisotopic (exact) mass is 254 g/mol. The summed E-state index contributed by atoms with van der Waals surface area (Å²) in [6.45, 7) is 2.52. The van der Waals surface area contributed by atoms with Gasteiger partial charge in [0.25, 0.3) is 0 Å². The van der Waals surface area contributed by atoms with E-state index in [9.17, 15) is 9.18 Å². The molecule has 0 fully saturated rings. The molecule has 0 aliphatic heterocycles. The molecule has 1 amide bonds. The lowest BCUT2D eigenvalue weighted by molar-refractivity contribution is -0.120. The van der Waals surface area contributed by atoms with Crippen LogP contribution in [0, 0.1) is 5.82 Å². The fourth-order valence-corrected chi connectivity index (χ4v) is 1.59. The molecule has 0 saturated carbocycles. The Morgan fingerprint density at radius 1 is 1.50 bits per heavy atom. The number of halogens is 1. The first kappa shape index (κ1) is 14.4. The fraction of sp³-hybridized carbons (Fsp3) is 0.462. The van der Waals surface area contributed by atoms with E-state index in [2.05, 4.69) is 10.6 Å². The van der Waals surface area contributed by atoms with Crippen LogP contribution in [0.15, 0.2) is 18.2 Å². The lowest BCUT2D eigenvalue weighted by atomic mass is 10.1. The van der Waals surface area contributed by atoms with E-state index in [1.54, 1.807) is 19.2 Å². The Morgan fingerprint density at radius 3 is 2.83 bits per heavy atom. The quantitative estimate of drug-likeness (QED) is 0.811. The number of ether oxygens (including phenoxy) is 1. The second kappa shape index (κ2) is 6.96. The highest BCUT2D eigenvalue weighted by atomic mass is 19.1. The summed E-state index contributed by atoms with van der Waals surface area (Å²) in [6, 6.07) is 4.78. The standard InChI is InChI=1S/C13H19FN2O2/c1-9(16-7-6-13(17)15-2)10-4-5-11(14)12(8-10)18-3/h4-5,8-9,16H,6-7H2,1-3H3,(H,15,17). The van der Waals surface area contributed by atoms with Gasteiger partial charge >= 0.3 is 0 Å². The van der Waals surface area contributed by atoms with E-state index in [1.807, 2.05) is 6.92 Å². The van der Waals surface area contributed by atoms with Gasteiger partial charge in [-0.25, -0.2) is 4.39 Å². The molecule has 0 aromatic heterocycles. The van der Waals surface area contributed by atoms with Crippen LogP contribution in [0.1, 0.15) is 24.9 Å². The molecule has 0 bridgehead atoms. The third kappa shape index (κ3) is 4.00. The number of hydrogen-bond acceptors (Lipinski definition) is 3. The molecule has 0 spiro atoms. The Kier molecular flexibility index (Phi) is 5.58. The average Bonchev–Trinajstić information content (AvgIpc) is 2.38. The lowest BCUT2D eigenvalue weighted by Crippen LogP contribution is -2.26. The number of amides is 1. The highest BCUT2D eigenvalue weighted by molar-refractivity contribution is 5.75. The summed E-state index contributed by atoms with van der Waals surface area (Å²) in [5.74, 6) is -0.155. The first-order valence-corrected chi connectivity index (χ1v) is 5.86. The van der Waals surface area contributed by atoms with Crippen LogP contribution >= 0.6 is 0 Å². The van der Waals surface area contributed by atoms with E-state index >= 15 is 0 Å². The summed E-state index contributed by atoms with van der Waals surface area (Å²) >= 11 is 0. The predicted octanol–water partition coefficient (Wildman–Crippen LogP) is 1.62. The molecule has 0 saturated heterocycles. The molecular weight excluding hydrogens is 235 g/mol. The van der Waals surface area contributed by atoms with Crippen molar-refractivity contribution in [1.82, 2.24) is 10.6 Å². The Labute approximate surface area is 107 Å². The maximum absolute atomic E-state index is 13.2. The van der Waals surface area contributed by atoms with Gasteiger partial charge in [0.15, 0.2) is 11.6 Å². The Hall–Kier alpha value is -1.62. The predicted molar refractivity (Wildman–Crippen MR) is 68.1 cm³/mol. The zero-order valence-electron chi connectivity index (χ0n) is 10.9. The van der Waals surface area contributed by atoms with Crippen LogP contribution in [0.4, 0.5) is 4.39 Å². The van der Waals surface area contributed by atoms with Crippen molar-refractivity contribution in [2.45, 2.75) is 19.4 Å². The number of methoxy groups -OCH3 is 1. The molecule has 1 aromatic rings. The second-order valence-electron chi connectivity index (χ2n) is 3.99. The van der Waals surface area contributed by atoms with Gasteiger partial charge < -0.3 is 15.4 Å². The van der Waals surface area contributed by atoms with E-state index in [4.69, 9.17) is 4.74 Å². The summed E-state index contributed by atoms with van der Waals surface area (Å²) in [7, 11) is 3.04. The van der Waals surface area contributed by atoms with Crippen LogP contribution < -0.4 is 15.4 Å². The maximum Gasteiger partial charge on any atom is 0.221 e. The molecule has 4 nitrogen and oxygen atoms in total. The minimum Gasteiger partial charge on any atom is -0.494 e. The van der Waals surface area contributed by atoms with Crippen LogP contribution in [-0.4, -0.2) is 26.6 Å². The molecule has 2 N–H and O–H groups in total. The Bertz CT molecular complexity index is 410. The fourth-order valence-electron chi connectivity index (χ4n) is 1.59. The van der Waals surface area contributed by atoms with Gasteiger partial charge in [0.1, 0.15) is 0 Å². The van der Waals surface area contributed by atoms with Gasteiger partial charge in [-0.2, -0.15) is 0 Å². The summed E-state index contributed by atoms with van der Waals surface area (Å²) in [5, 5.41) is 5.75. The van der Waals surface area contributed by atoms with Gasteiger partial charge in [-0.1, -0.05) is 6.07 Å². The van der Waals surface area contributed by atoms with Gasteiger partial charge in [0.05, 0.1) is 7.11 Å². The normalized spacial score (nSPS) is 12.0. The van der Waals surface area contributed by atoms with Gasteiger partial charge in [-0.05, 0) is 24.6 Å². The molecule has 1 rings (SSSR count). The van der Waals surface area contributed by atoms with Crippen molar-refractivity contribution in [3.05, 3.63) is 29.6 Å². The summed E-state index contributed by atoms with van der Waals surface area (Å²) < 4.78 is 18.2. The van der Waals surface area contributed by atoms with Crippen LogP contribution in [0.3, 0.4) is 0 Å². The van der Waals surface area contributed by atoms with Crippen molar-refractivity contribution in [2.75, 3.05) is 20.7 Å². The van der Waals surface area contributed by atoms with Crippen LogP contribution in [0.25, 0.3) is 0 Å². The van der Waals surface area contributed by atoms with Gasteiger partial charge in [0, 0.05) is 26.1 Å². The van der Waals surface area contributed by atoms with Crippen LogP contribution in [0.5, 0.6) is 5.75 Å². The molecule has 0 radical (unpaired) electrons. The maximum atomic E-state index is 13.2. The van der Waals surface area contributed by atoms with Crippen molar-refractivity contribution >= 4 is 5.91 Å². The number of hydrogen-bond donors (Lipinski definition) is 2. The molecule has 1 atom stereocenters. The smallest absolute Gasteiger partial charge is 0.221 e. The zero-order chi connectivity index (χ0) is 13.5. The third-order valence-corrected chi connectivity index (χ3v) is 2.76. The second-order valence-corrected chi connectivity index (χ2v) is 3.99. The van der Waals surface area contributed by atoms with Gasteiger partial charge in [-0.15, -0.1) is 0 Å². The number of carbonyl (C=O) groups is 1. The van der Waals surface area contributed by atoms with Crippen LogP contribution in [0.2, 0.25) is 0 Å². The molecule has 100 valence electrons. The Morgan fingerprint density at radius 2 is 2.22 bits per heavy atom. The van der Waals surface area contributed by atoms with Gasteiger partial charge in [0.2, 0.25) is 5.91 Å². The summed E-state index contributed by atoms with van der Waals surface area (Å²) in [6.07, 6.45) is 0.416. The molecular formula is C13H19FN2O2. The highest BCUT2D eigenvalue weighted by Gasteiger charge is 2.09. The van der Waals surface area contributed by atoms with Crippen molar-refractivity contribution in [3.63, 3.8) is 0 Å². The largest absolute Gasteiger partial charge is 0.494 e. The first-order chi connectivity index (χ1) is 8.58. The summed E-state index contributed by atoms with van der Waals surface area (Å²) in [4.78, 5) is 11.1. The van der Waals surface area contributed by atoms with Crippen molar-refractivity contribution in [1.29, 1.82) is 0 Å². The SMILES string of the molecule is CNC(=O)CCNC(C)c1ccc(F)c(OC)c1. The van der Waals surface area contributed by atoms with E-state index in [1.165, 1.54) is 13.2 Å². The molecule has 5 heteroatoms. The third-order valence-electron chi connectivity index (χ3n) is 2.76. The highest BCUT2D eigenvalue weighted by Crippen LogP contribution is 2.22. The van der Waals surface area contributed by atoms with Gasteiger partial charge in [-0.3, -0.25) is 4.79 Å². The molecule has 18 heavy (non-hydrogen) atoms. The van der Waals surface area contributed by atoms with Crippen molar-refractivity contribution in [3.8, 4) is 5.75 Å². The number of benzene rings is 1. The Balaban J connectivity index is 2.56. The average molecular weight is 254 g/mol. The minimum atomic E-state index is -0.376. The first-order valence-electron chi connectivity index (χ1n) is 5.86. The zero-order valence-corrected chi connectivity index (χ0v) is 10.9. The van der Waals surface area contributed by atoms with E-state index in [-0.39, 0.29) is 23.5 Å². The molecule has 0 aliphatic rings. The number of carbonyl (C=O) groups excluding carboxylic acids is 1. The number of nitrogens with one attached hydrogen (secondary N) is 2. The topological polar surface area (TPSA) is 50.4 Å². The molecule has 1 aromatic carbocycles. The number of rotatable bonds is 6. The van der Waals surface area contributed by atoms with E-state index in [0.29, 0.717) is 13.0 Å². The van der Waals surface area contributed by atoms with Crippen molar-refractivity contribution < 1.29 is 13.9 Å². The van der Waals surface area contributed by atoms with E-state index in [0.717, 1.165) is 5.56 Å².